The molecule has 0 aliphatic carbocycles. The Morgan fingerprint density at radius 3 is 2.32 bits per heavy atom. The van der Waals surface area contributed by atoms with Gasteiger partial charge in [-0.1, -0.05) is 30.3 Å². The maximum absolute atomic E-state index is 12.8. The van der Waals surface area contributed by atoms with Crippen LogP contribution in [0.4, 0.5) is 0 Å². The minimum absolute atomic E-state index is 0.00539. The molecule has 2 aromatic carbocycles. The summed E-state index contributed by atoms with van der Waals surface area (Å²) in [6.45, 7) is 7.32. The highest BCUT2D eigenvalue weighted by molar-refractivity contribution is 6.06. The average molecular weight is 415 g/mol. The largest absolute Gasteiger partial charge is 0.460 e. The highest BCUT2D eigenvalue weighted by Gasteiger charge is 2.24. The fraction of sp³-hybridized carbons (Fsp3) is 0.308. The quantitative estimate of drug-likeness (QED) is 0.426. The highest BCUT2D eigenvalue weighted by atomic mass is 16.4. The summed E-state index contributed by atoms with van der Waals surface area (Å²) in [7, 11) is 0. The number of benzene rings is 2. The molecule has 0 N–H and O–H groups in total. The van der Waals surface area contributed by atoms with Gasteiger partial charge in [0.1, 0.15) is 16.9 Å². The number of rotatable bonds is 3. The van der Waals surface area contributed by atoms with Crippen LogP contribution in [0.15, 0.2) is 50.0 Å². The van der Waals surface area contributed by atoms with Gasteiger partial charge in [0, 0.05) is 35.0 Å². The molecule has 1 aliphatic heterocycles. The summed E-state index contributed by atoms with van der Waals surface area (Å²) < 4.78 is 11.9. The Morgan fingerprint density at radius 2 is 1.61 bits per heavy atom. The first kappa shape index (κ1) is 19.6. The van der Waals surface area contributed by atoms with E-state index < -0.39 is 5.63 Å². The third kappa shape index (κ3) is 3.16. The van der Waals surface area contributed by atoms with Crippen molar-refractivity contribution in [2.24, 2.45) is 0 Å². The summed E-state index contributed by atoms with van der Waals surface area (Å²) >= 11 is 0. The van der Waals surface area contributed by atoms with Crippen LogP contribution < -0.4 is 5.63 Å². The summed E-state index contributed by atoms with van der Waals surface area (Å²) in [6, 6.07) is 12.2. The zero-order chi connectivity index (χ0) is 21.7. The van der Waals surface area contributed by atoms with E-state index in [0.717, 1.165) is 70.3 Å². The third-order valence-corrected chi connectivity index (χ3v) is 6.48. The van der Waals surface area contributed by atoms with Gasteiger partial charge in [-0.3, -0.25) is 4.79 Å². The third-order valence-electron chi connectivity index (χ3n) is 6.48. The van der Waals surface area contributed by atoms with Gasteiger partial charge in [0.2, 0.25) is 5.91 Å². The van der Waals surface area contributed by atoms with Crippen LogP contribution in [-0.2, 0) is 11.2 Å². The molecule has 5 heteroatoms. The first-order valence-electron chi connectivity index (χ1n) is 10.8. The van der Waals surface area contributed by atoms with Crippen LogP contribution in [0.3, 0.4) is 0 Å². The number of hydrogen-bond acceptors (Lipinski definition) is 4. The molecule has 5 rings (SSSR count). The number of aryl methyl sites for hydroxylation is 3. The predicted octanol–water partition coefficient (Wildman–Crippen LogP) is 5.30. The molecule has 5 nitrogen and oxygen atoms in total. The number of fused-ring (bicyclic) bond motifs is 2. The van der Waals surface area contributed by atoms with Crippen LogP contribution >= 0.6 is 0 Å². The highest BCUT2D eigenvalue weighted by Crippen LogP contribution is 2.39. The summed E-state index contributed by atoms with van der Waals surface area (Å²) in [5, 5.41) is 1.84. The molecule has 158 valence electrons. The number of likely N-dealkylation sites (tertiary alicyclic amines) is 1. The Kier molecular flexibility index (Phi) is 4.69. The molecule has 0 radical (unpaired) electrons. The number of nitrogens with zero attached hydrogens (tertiary/aromatic N) is 1. The number of furan rings is 1. The van der Waals surface area contributed by atoms with E-state index in [0.29, 0.717) is 11.1 Å². The van der Waals surface area contributed by atoms with Crippen molar-refractivity contribution in [3.63, 3.8) is 0 Å². The first-order chi connectivity index (χ1) is 15.0. The lowest BCUT2D eigenvalue weighted by Crippen LogP contribution is -2.31. The Balaban J connectivity index is 1.72. The van der Waals surface area contributed by atoms with Gasteiger partial charge in [-0.2, -0.15) is 0 Å². The predicted molar refractivity (Wildman–Crippen MR) is 121 cm³/mol. The molecular formula is C26H25NO4. The van der Waals surface area contributed by atoms with E-state index in [1.54, 1.807) is 0 Å². The van der Waals surface area contributed by atoms with Crippen LogP contribution in [-0.4, -0.2) is 23.9 Å². The summed E-state index contributed by atoms with van der Waals surface area (Å²) in [5.74, 6) is 0.818. The lowest BCUT2D eigenvalue weighted by Gasteiger charge is -2.16. The van der Waals surface area contributed by atoms with Gasteiger partial charge in [-0.25, -0.2) is 4.79 Å². The second-order valence-corrected chi connectivity index (χ2v) is 8.41. The number of hydrogen-bond donors (Lipinski definition) is 0. The Morgan fingerprint density at radius 1 is 0.935 bits per heavy atom. The van der Waals surface area contributed by atoms with Crippen molar-refractivity contribution in [1.82, 2.24) is 4.90 Å². The van der Waals surface area contributed by atoms with E-state index in [9.17, 15) is 9.59 Å². The molecular weight excluding hydrogens is 390 g/mol. The molecule has 0 atom stereocenters. The molecule has 4 aromatic rings. The molecule has 3 heterocycles. The van der Waals surface area contributed by atoms with Crippen molar-refractivity contribution < 1.29 is 13.6 Å². The van der Waals surface area contributed by atoms with E-state index in [1.165, 1.54) is 0 Å². The molecule has 0 spiro atoms. The van der Waals surface area contributed by atoms with E-state index >= 15 is 0 Å². The van der Waals surface area contributed by atoms with Gasteiger partial charge in [0.25, 0.3) is 0 Å². The van der Waals surface area contributed by atoms with Gasteiger partial charge < -0.3 is 13.7 Å². The number of amides is 1. The molecule has 1 aliphatic rings. The fourth-order valence-corrected chi connectivity index (χ4v) is 4.77. The molecule has 0 saturated carbocycles. The molecule has 2 aromatic heterocycles. The van der Waals surface area contributed by atoms with Gasteiger partial charge in [0.15, 0.2) is 0 Å². The second-order valence-electron chi connectivity index (χ2n) is 8.41. The lowest BCUT2D eigenvalue weighted by atomic mass is 9.96. The SMILES string of the molecule is Cc1oc2c(C)c3oc(=O)c(CC(=O)N4CCCC4)c(C)c3cc2c1-c1ccccc1. The average Bonchev–Trinajstić information content (AvgIpc) is 3.41. The van der Waals surface area contributed by atoms with Gasteiger partial charge in [-0.15, -0.1) is 0 Å². The topological polar surface area (TPSA) is 63.7 Å². The minimum Gasteiger partial charge on any atom is -0.460 e. The van der Waals surface area contributed by atoms with Crippen molar-refractivity contribution in [1.29, 1.82) is 0 Å². The zero-order valence-corrected chi connectivity index (χ0v) is 18.1. The van der Waals surface area contributed by atoms with E-state index in [2.05, 4.69) is 12.1 Å². The number of carbonyl (C=O) groups is 1. The van der Waals surface area contributed by atoms with Crippen LogP contribution in [0.1, 0.15) is 35.3 Å². The van der Waals surface area contributed by atoms with Crippen LogP contribution in [0.25, 0.3) is 33.1 Å². The van der Waals surface area contributed by atoms with Crippen molar-refractivity contribution in [2.75, 3.05) is 13.1 Å². The maximum atomic E-state index is 12.8. The standard InChI is InChI=1S/C26H25NO4/c1-15-19-13-21-23(18-9-5-4-6-10-18)17(3)30-25(21)16(2)24(19)31-26(29)20(15)14-22(28)27-11-7-8-12-27/h4-6,9-10,13H,7-8,11-12,14H2,1-3H3. The first-order valence-corrected chi connectivity index (χ1v) is 10.8. The van der Waals surface area contributed by atoms with Crippen molar-refractivity contribution in [2.45, 2.75) is 40.0 Å². The minimum atomic E-state index is -0.438. The number of carbonyl (C=O) groups excluding carboxylic acids is 1. The molecule has 0 bridgehead atoms. The Labute approximate surface area is 180 Å². The van der Waals surface area contributed by atoms with Crippen LogP contribution in [0, 0.1) is 20.8 Å². The van der Waals surface area contributed by atoms with Crippen LogP contribution in [0.5, 0.6) is 0 Å². The summed E-state index contributed by atoms with van der Waals surface area (Å²) in [6.07, 6.45) is 2.13. The smallest absolute Gasteiger partial charge is 0.340 e. The van der Waals surface area contributed by atoms with E-state index in [1.807, 2.05) is 49.9 Å². The van der Waals surface area contributed by atoms with Crippen molar-refractivity contribution in [3.8, 4) is 11.1 Å². The van der Waals surface area contributed by atoms with Gasteiger partial charge >= 0.3 is 5.63 Å². The normalized spacial score (nSPS) is 14.1. The Bertz CT molecular complexity index is 1370. The molecule has 1 fully saturated rings. The molecule has 31 heavy (non-hydrogen) atoms. The van der Waals surface area contributed by atoms with Crippen molar-refractivity contribution in [3.05, 3.63) is 69.3 Å². The van der Waals surface area contributed by atoms with Gasteiger partial charge in [-0.05, 0) is 50.8 Å². The molecule has 1 saturated heterocycles. The van der Waals surface area contributed by atoms with E-state index in [4.69, 9.17) is 8.83 Å². The molecule has 0 unspecified atom stereocenters. The maximum Gasteiger partial charge on any atom is 0.340 e. The summed E-state index contributed by atoms with van der Waals surface area (Å²) in [5.41, 5.74) is 5.00. The monoisotopic (exact) mass is 415 g/mol. The zero-order valence-electron chi connectivity index (χ0n) is 18.1. The summed E-state index contributed by atoms with van der Waals surface area (Å²) in [4.78, 5) is 27.4. The lowest BCUT2D eigenvalue weighted by molar-refractivity contribution is -0.129. The molecule has 1 amide bonds. The second kappa shape index (κ2) is 7.41. The van der Waals surface area contributed by atoms with Crippen molar-refractivity contribution >= 4 is 27.8 Å². The Hall–Kier alpha value is -3.34. The van der Waals surface area contributed by atoms with Gasteiger partial charge in [0.05, 0.1) is 12.0 Å². The fourth-order valence-electron chi connectivity index (χ4n) is 4.77. The van der Waals surface area contributed by atoms with Crippen LogP contribution in [0.2, 0.25) is 0 Å². The van der Waals surface area contributed by atoms with E-state index in [-0.39, 0.29) is 12.3 Å².